The first-order valence-corrected chi connectivity index (χ1v) is 7.68. The van der Waals surface area contributed by atoms with E-state index >= 15 is 0 Å². The lowest BCUT2D eigenvalue weighted by Crippen LogP contribution is -2.29. The van der Waals surface area contributed by atoms with Gasteiger partial charge in [0, 0.05) is 21.9 Å². The van der Waals surface area contributed by atoms with Crippen LogP contribution >= 0.6 is 31.9 Å². The average Bonchev–Trinajstić information content (AvgIpc) is 2.34. The molecule has 0 saturated carbocycles. The van der Waals surface area contributed by atoms with Crippen molar-refractivity contribution in [2.24, 2.45) is 5.92 Å². The van der Waals surface area contributed by atoms with Crippen LogP contribution in [0.1, 0.15) is 30.1 Å². The summed E-state index contributed by atoms with van der Waals surface area (Å²) in [7, 11) is 0. The van der Waals surface area contributed by atoms with Gasteiger partial charge < -0.3 is 5.32 Å². The Balaban J connectivity index is 2.49. The summed E-state index contributed by atoms with van der Waals surface area (Å²) in [4.78, 5) is 11.9. The Kier molecular flexibility index (Phi) is 6.82. The molecule has 4 heteroatoms. The Morgan fingerprint density at radius 1 is 1.47 bits per heavy atom. The summed E-state index contributed by atoms with van der Waals surface area (Å²) in [5.41, 5.74) is 0.702. The highest BCUT2D eigenvalue weighted by Gasteiger charge is 2.09. The van der Waals surface area contributed by atoms with Gasteiger partial charge in [-0.3, -0.25) is 4.79 Å². The smallest absolute Gasteiger partial charge is 0.251 e. The first-order chi connectivity index (χ1) is 8.17. The summed E-state index contributed by atoms with van der Waals surface area (Å²) in [5.74, 6) is 0.546. The van der Waals surface area contributed by atoms with Gasteiger partial charge >= 0.3 is 0 Å². The van der Waals surface area contributed by atoms with Crippen LogP contribution in [0.25, 0.3) is 0 Å². The number of benzene rings is 1. The van der Waals surface area contributed by atoms with Gasteiger partial charge in [0.25, 0.3) is 5.91 Å². The molecule has 0 aliphatic heterocycles. The molecule has 1 unspecified atom stereocenters. The Bertz CT molecular complexity index is 368. The Labute approximate surface area is 119 Å². The zero-order chi connectivity index (χ0) is 12.7. The summed E-state index contributed by atoms with van der Waals surface area (Å²) >= 11 is 6.80. The van der Waals surface area contributed by atoms with Crippen LogP contribution in [0.15, 0.2) is 28.7 Å². The summed E-state index contributed by atoms with van der Waals surface area (Å²) in [6, 6.07) is 7.44. The molecule has 0 bridgehead atoms. The lowest BCUT2D eigenvalue weighted by Gasteiger charge is -2.14. The lowest BCUT2D eigenvalue weighted by atomic mass is 10.0. The summed E-state index contributed by atoms with van der Waals surface area (Å²) in [5, 5.41) is 3.97. The number of hydrogen-bond acceptors (Lipinski definition) is 1. The molecule has 1 rings (SSSR count). The number of halogens is 2. The normalized spacial score (nSPS) is 12.2. The number of rotatable bonds is 6. The molecule has 0 aliphatic rings. The van der Waals surface area contributed by atoms with Crippen LogP contribution < -0.4 is 5.32 Å². The van der Waals surface area contributed by atoms with Crippen molar-refractivity contribution < 1.29 is 4.79 Å². The van der Waals surface area contributed by atoms with Crippen LogP contribution in [-0.2, 0) is 0 Å². The van der Waals surface area contributed by atoms with Gasteiger partial charge in [0.1, 0.15) is 0 Å². The number of carbonyl (C=O) groups excluding carboxylic acids is 1. The third kappa shape index (κ3) is 5.21. The quantitative estimate of drug-likeness (QED) is 0.761. The number of nitrogens with one attached hydrogen (secondary N) is 1. The van der Waals surface area contributed by atoms with Crippen molar-refractivity contribution in [1.29, 1.82) is 0 Å². The maximum atomic E-state index is 11.9. The van der Waals surface area contributed by atoms with Crippen molar-refractivity contribution in [3.8, 4) is 0 Å². The van der Waals surface area contributed by atoms with Gasteiger partial charge in [-0.2, -0.15) is 0 Å². The van der Waals surface area contributed by atoms with Gasteiger partial charge in [-0.25, -0.2) is 0 Å². The average molecular weight is 363 g/mol. The second kappa shape index (κ2) is 7.88. The van der Waals surface area contributed by atoms with E-state index in [1.165, 1.54) is 0 Å². The van der Waals surface area contributed by atoms with E-state index in [-0.39, 0.29) is 5.91 Å². The van der Waals surface area contributed by atoms with Gasteiger partial charge in [0.2, 0.25) is 0 Å². The Hall–Kier alpha value is -0.350. The topological polar surface area (TPSA) is 29.1 Å². The van der Waals surface area contributed by atoms with Crippen molar-refractivity contribution in [3.05, 3.63) is 34.3 Å². The minimum atomic E-state index is -0.000627. The predicted octanol–water partition coefficient (Wildman–Crippen LogP) is 3.99. The maximum Gasteiger partial charge on any atom is 0.251 e. The van der Waals surface area contributed by atoms with Gasteiger partial charge in [0.15, 0.2) is 0 Å². The largest absolute Gasteiger partial charge is 0.352 e. The summed E-state index contributed by atoms with van der Waals surface area (Å²) < 4.78 is 0.928. The zero-order valence-electron chi connectivity index (χ0n) is 9.88. The number of amides is 1. The third-order valence-electron chi connectivity index (χ3n) is 2.73. The molecule has 0 aromatic heterocycles. The van der Waals surface area contributed by atoms with Crippen molar-refractivity contribution in [2.45, 2.75) is 19.8 Å². The molecule has 0 saturated heterocycles. The molecule has 94 valence electrons. The lowest BCUT2D eigenvalue weighted by molar-refractivity contribution is 0.0946. The molecule has 0 radical (unpaired) electrons. The fraction of sp³-hybridized carbons (Fsp3) is 0.462. The van der Waals surface area contributed by atoms with Gasteiger partial charge in [-0.05, 0) is 30.5 Å². The van der Waals surface area contributed by atoms with E-state index in [0.717, 1.165) is 29.2 Å². The summed E-state index contributed by atoms with van der Waals surface area (Å²) in [6.07, 6.45) is 2.18. The molecule has 2 nitrogen and oxygen atoms in total. The molecule has 0 aliphatic carbocycles. The summed E-state index contributed by atoms with van der Waals surface area (Å²) in [6.45, 7) is 2.89. The second-order valence-electron chi connectivity index (χ2n) is 3.97. The van der Waals surface area contributed by atoms with E-state index < -0.39 is 0 Å². The fourth-order valence-electron chi connectivity index (χ4n) is 1.57. The number of carbonyl (C=O) groups is 1. The fourth-order valence-corrected chi connectivity index (χ4v) is 2.62. The van der Waals surface area contributed by atoms with E-state index in [4.69, 9.17) is 0 Å². The molecule has 0 fully saturated rings. The molecule has 17 heavy (non-hydrogen) atoms. The van der Waals surface area contributed by atoms with Crippen molar-refractivity contribution in [3.63, 3.8) is 0 Å². The van der Waals surface area contributed by atoms with Gasteiger partial charge in [-0.1, -0.05) is 51.3 Å². The van der Waals surface area contributed by atoms with Crippen molar-refractivity contribution in [1.82, 2.24) is 5.32 Å². The minimum Gasteiger partial charge on any atom is -0.352 e. The third-order valence-corrected chi connectivity index (χ3v) is 3.68. The highest BCUT2D eigenvalue weighted by Crippen LogP contribution is 2.12. The monoisotopic (exact) mass is 361 g/mol. The van der Waals surface area contributed by atoms with Crippen LogP contribution in [0.2, 0.25) is 0 Å². The molecular weight excluding hydrogens is 346 g/mol. The first kappa shape index (κ1) is 14.7. The Morgan fingerprint density at radius 3 is 2.82 bits per heavy atom. The van der Waals surface area contributed by atoms with Gasteiger partial charge in [-0.15, -0.1) is 0 Å². The van der Waals surface area contributed by atoms with Gasteiger partial charge in [0.05, 0.1) is 0 Å². The van der Waals surface area contributed by atoms with E-state index in [9.17, 15) is 4.79 Å². The second-order valence-corrected chi connectivity index (χ2v) is 5.68. The standard InChI is InChI=1S/C13H17Br2NO/c1-2-10(6-7-14)9-16-13(17)11-4-3-5-12(15)8-11/h3-5,8,10H,2,6-7,9H2,1H3,(H,16,17). The molecule has 0 spiro atoms. The molecule has 1 aromatic rings. The van der Waals surface area contributed by atoms with E-state index in [0.29, 0.717) is 11.5 Å². The van der Waals surface area contributed by atoms with Crippen LogP contribution in [0.4, 0.5) is 0 Å². The van der Waals surface area contributed by atoms with Crippen LogP contribution in [0.3, 0.4) is 0 Å². The molecule has 1 aromatic carbocycles. The van der Waals surface area contributed by atoms with Crippen molar-refractivity contribution in [2.75, 3.05) is 11.9 Å². The first-order valence-electron chi connectivity index (χ1n) is 5.77. The predicted molar refractivity (Wildman–Crippen MR) is 78.7 cm³/mol. The highest BCUT2D eigenvalue weighted by atomic mass is 79.9. The number of hydrogen-bond donors (Lipinski definition) is 1. The minimum absolute atomic E-state index is 0.000627. The molecule has 1 atom stereocenters. The molecule has 1 N–H and O–H groups in total. The molecule has 1 amide bonds. The van der Waals surface area contributed by atoms with Crippen LogP contribution in [-0.4, -0.2) is 17.8 Å². The maximum absolute atomic E-state index is 11.9. The number of alkyl halides is 1. The zero-order valence-corrected chi connectivity index (χ0v) is 13.1. The van der Waals surface area contributed by atoms with E-state index in [2.05, 4.69) is 44.1 Å². The SMILES string of the molecule is CCC(CCBr)CNC(=O)c1cccc(Br)c1. The van der Waals surface area contributed by atoms with Crippen LogP contribution in [0, 0.1) is 5.92 Å². The molecular formula is C13H17Br2NO. The van der Waals surface area contributed by atoms with E-state index in [1.807, 2.05) is 24.3 Å². The highest BCUT2D eigenvalue weighted by molar-refractivity contribution is 9.10. The van der Waals surface area contributed by atoms with E-state index in [1.54, 1.807) is 0 Å². The molecule has 0 heterocycles. The van der Waals surface area contributed by atoms with Crippen LogP contribution in [0.5, 0.6) is 0 Å². The van der Waals surface area contributed by atoms with Crippen molar-refractivity contribution >= 4 is 37.8 Å². The Morgan fingerprint density at radius 2 is 2.24 bits per heavy atom.